The third kappa shape index (κ3) is 4.05. The van der Waals surface area contributed by atoms with E-state index in [0.29, 0.717) is 23.3 Å². The fourth-order valence-corrected chi connectivity index (χ4v) is 4.62. The molecule has 1 aromatic heterocycles. The first kappa shape index (κ1) is 22.4. The molecule has 1 saturated heterocycles. The second-order valence-corrected chi connectivity index (χ2v) is 8.39. The van der Waals surface area contributed by atoms with E-state index in [1.165, 1.54) is 23.1 Å². The molecular formula is C28H23FN2O4. The fraction of sp³-hybridized carbons (Fsp3) is 0.143. The molecule has 35 heavy (non-hydrogen) atoms. The maximum absolute atomic E-state index is 14.2. The van der Waals surface area contributed by atoms with E-state index in [2.05, 4.69) is 4.98 Å². The van der Waals surface area contributed by atoms with Gasteiger partial charge in [0, 0.05) is 29.2 Å². The Labute approximate surface area is 201 Å². The van der Waals surface area contributed by atoms with Crippen molar-refractivity contribution in [1.29, 1.82) is 0 Å². The normalized spacial score (nSPS) is 17.3. The molecule has 0 radical (unpaired) electrons. The van der Waals surface area contributed by atoms with Gasteiger partial charge in [0.25, 0.3) is 11.7 Å². The van der Waals surface area contributed by atoms with Gasteiger partial charge in [-0.3, -0.25) is 9.59 Å². The van der Waals surface area contributed by atoms with Crippen molar-refractivity contribution in [3.63, 3.8) is 0 Å². The Balaban J connectivity index is 1.55. The highest BCUT2D eigenvalue weighted by Gasteiger charge is 2.46. The summed E-state index contributed by atoms with van der Waals surface area (Å²) in [5.74, 6) is -1.58. The number of fused-ring (bicyclic) bond motifs is 1. The number of nitrogens with zero attached hydrogens (tertiary/aromatic N) is 1. The molecule has 4 aromatic rings. The number of Topliss-reactive ketones (excluding diaryl/α,β-unsaturated/α-hetero) is 1. The molecule has 0 spiro atoms. The zero-order valence-corrected chi connectivity index (χ0v) is 19.0. The largest absolute Gasteiger partial charge is 0.507 e. The summed E-state index contributed by atoms with van der Waals surface area (Å²) in [6.45, 7) is 0.196. The number of hydrogen-bond acceptors (Lipinski definition) is 4. The van der Waals surface area contributed by atoms with Crippen molar-refractivity contribution in [1.82, 2.24) is 9.88 Å². The van der Waals surface area contributed by atoms with Gasteiger partial charge in [0.1, 0.15) is 17.3 Å². The van der Waals surface area contributed by atoms with E-state index in [-0.39, 0.29) is 17.9 Å². The molecule has 1 aliphatic heterocycles. The summed E-state index contributed by atoms with van der Waals surface area (Å²) in [5, 5.41) is 12.0. The van der Waals surface area contributed by atoms with Gasteiger partial charge in [0.2, 0.25) is 0 Å². The summed E-state index contributed by atoms with van der Waals surface area (Å²) in [6, 6.07) is 19.1. The summed E-state index contributed by atoms with van der Waals surface area (Å²) >= 11 is 0. The highest BCUT2D eigenvalue weighted by atomic mass is 19.1. The number of aliphatic hydroxyl groups excluding tert-OH is 1. The third-order valence-electron chi connectivity index (χ3n) is 6.35. The Hall–Kier alpha value is -4.39. The Bertz CT molecular complexity index is 1460. The van der Waals surface area contributed by atoms with Crippen LogP contribution >= 0.6 is 0 Å². The van der Waals surface area contributed by atoms with Crippen LogP contribution in [0.15, 0.2) is 84.6 Å². The lowest BCUT2D eigenvalue weighted by Crippen LogP contribution is -2.31. The molecule has 0 bridgehead atoms. The molecule has 5 rings (SSSR count). The van der Waals surface area contributed by atoms with E-state index >= 15 is 0 Å². The van der Waals surface area contributed by atoms with Gasteiger partial charge < -0.3 is 19.7 Å². The minimum absolute atomic E-state index is 0.0487. The van der Waals surface area contributed by atoms with Gasteiger partial charge in [-0.05, 0) is 47.9 Å². The van der Waals surface area contributed by atoms with Crippen molar-refractivity contribution in [2.75, 3.05) is 13.7 Å². The zero-order valence-electron chi connectivity index (χ0n) is 19.0. The van der Waals surface area contributed by atoms with Crippen LogP contribution < -0.4 is 4.74 Å². The standard InChI is InChI=1S/C28H23FN2O4/c1-35-21-10-11-23-22(15-21)19(16-30-23)12-13-31-25(18-8-5-9-20(29)14-18)24(27(33)28(31)34)26(32)17-6-3-2-4-7-17/h2-11,14-16,25,30,32H,12-13H2,1H3/t25-/m0/s1. The number of rotatable bonds is 6. The van der Waals surface area contributed by atoms with Gasteiger partial charge in [-0.1, -0.05) is 42.5 Å². The van der Waals surface area contributed by atoms with E-state index in [1.807, 2.05) is 24.4 Å². The van der Waals surface area contributed by atoms with Crippen LogP contribution in [0.4, 0.5) is 4.39 Å². The summed E-state index contributed by atoms with van der Waals surface area (Å²) in [6.07, 6.45) is 2.30. The molecule has 6 nitrogen and oxygen atoms in total. The van der Waals surface area contributed by atoms with Gasteiger partial charge >= 0.3 is 0 Å². The van der Waals surface area contributed by atoms with Crippen molar-refractivity contribution in [3.05, 3.63) is 107 Å². The second kappa shape index (κ2) is 9.10. The molecule has 2 heterocycles. The number of likely N-dealkylation sites (tertiary alicyclic amines) is 1. The SMILES string of the molecule is COc1ccc2[nH]cc(CCN3C(=O)C(=O)C(=C(O)c4ccccc4)[C@@H]3c3cccc(F)c3)c2c1. The number of benzene rings is 3. The molecule has 0 unspecified atom stereocenters. The second-order valence-electron chi connectivity index (χ2n) is 8.39. The monoisotopic (exact) mass is 470 g/mol. The van der Waals surface area contributed by atoms with Crippen LogP contribution in [0.5, 0.6) is 5.75 Å². The van der Waals surface area contributed by atoms with E-state index in [4.69, 9.17) is 4.74 Å². The Morgan fingerprint density at radius 2 is 1.86 bits per heavy atom. The summed E-state index contributed by atoms with van der Waals surface area (Å²) in [5.41, 5.74) is 2.65. The number of ketones is 1. The van der Waals surface area contributed by atoms with Crippen LogP contribution in [0.3, 0.4) is 0 Å². The summed E-state index contributed by atoms with van der Waals surface area (Å²) < 4.78 is 19.5. The maximum atomic E-state index is 14.2. The minimum Gasteiger partial charge on any atom is -0.507 e. The molecule has 1 aliphatic rings. The summed E-state index contributed by atoms with van der Waals surface area (Å²) in [4.78, 5) is 30.9. The average molecular weight is 471 g/mol. The van der Waals surface area contributed by atoms with Crippen molar-refractivity contribution in [2.45, 2.75) is 12.5 Å². The number of hydrogen-bond donors (Lipinski definition) is 2. The van der Waals surface area contributed by atoms with Crippen LogP contribution in [0.2, 0.25) is 0 Å². The molecule has 0 saturated carbocycles. The molecule has 176 valence electrons. The Morgan fingerprint density at radius 3 is 2.60 bits per heavy atom. The lowest BCUT2D eigenvalue weighted by Gasteiger charge is -2.25. The van der Waals surface area contributed by atoms with Gasteiger partial charge in [-0.2, -0.15) is 0 Å². The summed E-state index contributed by atoms with van der Waals surface area (Å²) in [7, 11) is 1.60. The topological polar surface area (TPSA) is 82.6 Å². The number of carbonyl (C=O) groups is 2. The molecule has 1 amide bonds. The predicted molar refractivity (Wildman–Crippen MR) is 130 cm³/mol. The highest BCUT2D eigenvalue weighted by molar-refractivity contribution is 6.46. The van der Waals surface area contributed by atoms with E-state index in [1.54, 1.807) is 43.5 Å². The number of aliphatic hydroxyl groups is 1. The Kier molecular flexibility index (Phi) is 5.82. The average Bonchev–Trinajstić information content (AvgIpc) is 3.40. The molecule has 3 aromatic carbocycles. The maximum Gasteiger partial charge on any atom is 0.295 e. The van der Waals surface area contributed by atoms with Gasteiger partial charge in [-0.25, -0.2) is 4.39 Å². The predicted octanol–water partition coefficient (Wildman–Crippen LogP) is 4.98. The van der Waals surface area contributed by atoms with E-state index < -0.39 is 23.5 Å². The minimum atomic E-state index is -0.911. The third-order valence-corrected chi connectivity index (χ3v) is 6.35. The molecule has 1 fully saturated rings. The van der Waals surface area contributed by atoms with Gasteiger partial charge in [-0.15, -0.1) is 0 Å². The molecule has 2 N–H and O–H groups in total. The smallest absolute Gasteiger partial charge is 0.295 e. The van der Waals surface area contributed by atoms with Crippen LogP contribution in [0, 0.1) is 5.82 Å². The number of nitrogens with one attached hydrogen (secondary N) is 1. The van der Waals surface area contributed by atoms with Crippen LogP contribution in [0.25, 0.3) is 16.7 Å². The number of amides is 1. The van der Waals surface area contributed by atoms with Crippen molar-refractivity contribution in [3.8, 4) is 5.75 Å². The number of carbonyl (C=O) groups excluding carboxylic acids is 2. The lowest BCUT2D eigenvalue weighted by molar-refractivity contribution is -0.139. The first-order chi connectivity index (χ1) is 17.0. The van der Waals surface area contributed by atoms with Gasteiger partial charge in [0.05, 0.1) is 18.7 Å². The quantitative estimate of drug-likeness (QED) is 0.237. The number of halogens is 1. The first-order valence-electron chi connectivity index (χ1n) is 11.2. The zero-order chi connectivity index (χ0) is 24.5. The van der Waals surface area contributed by atoms with Crippen LogP contribution in [0.1, 0.15) is 22.7 Å². The van der Waals surface area contributed by atoms with E-state index in [0.717, 1.165) is 16.5 Å². The van der Waals surface area contributed by atoms with Crippen molar-refractivity contribution in [2.24, 2.45) is 0 Å². The van der Waals surface area contributed by atoms with E-state index in [9.17, 15) is 19.1 Å². The molecule has 1 atom stereocenters. The first-order valence-corrected chi connectivity index (χ1v) is 11.2. The van der Waals surface area contributed by atoms with Crippen LogP contribution in [-0.4, -0.2) is 40.3 Å². The Morgan fingerprint density at radius 1 is 1.06 bits per heavy atom. The lowest BCUT2D eigenvalue weighted by atomic mass is 9.95. The molecule has 7 heteroatoms. The van der Waals surface area contributed by atoms with Crippen molar-refractivity contribution >= 4 is 28.4 Å². The fourth-order valence-electron chi connectivity index (χ4n) is 4.62. The molecule has 0 aliphatic carbocycles. The number of H-pyrrole nitrogens is 1. The van der Waals surface area contributed by atoms with Gasteiger partial charge in [0.15, 0.2) is 0 Å². The molecular weight excluding hydrogens is 447 g/mol. The van der Waals surface area contributed by atoms with Crippen LogP contribution in [-0.2, 0) is 16.0 Å². The number of aromatic amines is 1. The van der Waals surface area contributed by atoms with Crippen molar-refractivity contribution < 1.29 is 23.8 Å². The number of ether oxygens (including phenoxy) is 1. The number of aromatic nitrogens is 1. The number of methoxy groups -OCH3 is 1. The highest BCUT2D eigenvalue weighted by Crippen LogP contribution is 2.39.